The summed E-state index contributed by atoms with van der Waals surface area (Å²) in [6.07, 6.45) is 5.71. The summed E-state index contributed by atoms with van der Waals surface area (Å²) in [7, 11) is 0. The molecule has 0 aliphatic heterocycles. The van der Waals surface area contributed by atoms with Crippen molar-refractivity contribution in [3.8, 4) is 22.5 Å². The second-order valence-corrected chi connectivity index (χ2v) is 9.71. The monoisotopic (exact) mass is 652 g/mol. The molecule has 4 heterocycles. The molecule has 244 valence electrons. The standard InChI is InChI=1S/C25H24N6O.2C2HF3O2/c32-25(28-11-7-18-5-9-26-10-6-18)23-12-21(17-31(23)16-19-3-4-19)22-14-29-24(30-15-22)20-2-1-8-27-13-20;2*3-2(4,5)1(6)7/h1-2,5-6,8-10,12-15,17,19H,3-4,7,11,16H2,(H,28,32);2*(H,6,7). The molecule has 4 aromatic heterocycles. The van der Waals surface area contributed by atoms with Crippen molar-refractivity contribution in [3.05, 3.63) is 85.0 Å². The number of amides is 1. The first kappa shape index (κ1) is 35.1. The second-order valence-electron chi connectivity index (χ2n) is 9.71. The molecule has 46 heavy (non-hydrogen) atoms. The van der Waals surface area contributed by atoms with Gasteiger partial charge >= 0.3 is 24.3 Å². The van der Waals surface area contributed by atoms with Gasteiger partial charge in [0.15, 0.2) is 5.82 Å². The highest BCUT2D eigenvalue weighted by molar-refractivity contribution is 5.94. The molecule has 4 aromatic rings. The molecule has 1 aliphatic rings. The summed E-state index contributed by atoms with van der Waals surface area (Å²) in [5.41, 5.74) is 4.54. The number of hydrogen-bond donors (Lipinski definition) is 3. The highest BCUT2D eigenvalue weighted by Gasteiger charge is 2.38. The lowest BCUT2D eigenvalue weighted by atomic mass is 10.1. The summed E-state index contributed by atoms with van der Waals surface area (Å²) in [6.45, 7) is 1.44. The fourth-order valence-corrected chi connectivity index (χ4v) is 3.67. The molecular weight excluding hydrogens is 626 g/mol. The Kier molecular flexibility index (Phi) is 11.9. The van der Waals surface area contributed by atoms with E-state index in [0.29, 0.717) is 24.0 Å². The van der Waals surface area contributed by atoms with Crippen LogP contribution in [0.3, 0.4) is 0 Å². The maximum Gasteiger partial charge on any atom is 0.490 e. The Bertz CT molecular complexity index is 1570. The van der Waals surface area contributed by atoms with E-state index in [9.17, 15) is 31.1 Å². The van der Waals surface area contributed by atoms with Crippen LogP contribution in [0.2, 0.25) is 0 Å². The van der Waals surface area contributed by atoms with Crippen molar-refractivity contribution in [3.63, 3.8) is 0 Å². The number of nitrogens with zero attached hydrogens (tertiary/aromatic N) is 5. The average molecular weight is 653 g/mol. The van der Waals surface area contributed by atoms with Gasteiger partial charge in [0.25, 0.3) is 5.91 Å². The lowest BCUT2D eigenvalue weighted by Crippen LogP contribution is -2.28. The molecule has 0 saturated heterocycles. The van der Waals surface area contributed by atoms with Crippen LogP contribution in [0, 0.1) is 5.92 Å². The Morgan fingerprint density at radius 3 is 1.91 bits per heavy atom. The van der Waals surface area contributed by atoms with Crippen molar-refractivity contribution in [1.29, 1.82) is 0 Å². The number of halogens is 6. The quantitative estimate of drug-likeness (QED) is 0.221. The predicted molar refractivity (Wildman–Crippen MR) is 149 cm³/mol. The lowest BCUT2D eigenvalue weighted by Gasteiger charge is -2.09. The Morgan fingerprint density at radius 1 is 0.826 bits per heavy atom. The van der Waals surface area contributed by atoms with E-state index in [0.717, 1.165) is 35.2 Å². The van der Waals surface area contributed by atoms with E-state index in [4.69, 9.17) is 19.8 Å². The van der Waals surface area contributed by atoms with Gasteiger partial charge in [-0.2, -0.15) is 26.3 Å². The highest BCUT2D eigenvalue weighted by atomic mass is 19.4. The number of carboxylic acid groups (broad SMARTS) is 2. The normalized spacial score (nSPS) is 12.6. The van der Waals surface area contributed by atoms with Crippen LogP contribution in [0.4, 0.5) is 26.3 Å². The van der Waals surface area contributed by atoms with Crippen molar-refractivity contribution in [1.82, 2.24) is 29.8 Å². The first-order valence-electron chi connectivity index (χ1n) is 13.4. The number of rotatable bonds is 8. The molecule has 0 radical (unpaired) electrons. The third kappa shape index (κ3) is 11.3. The van der Waals surface area contributed by atoms with E-state index in [-0.39, 0.29) is 5.91 Å². The van der Waals surface area contributed by atoms with Crippen molar-refractivity contribution in [2.75, 3.05) is 6.54 Å². The molecule has 0 atom stereocenters. The number of aromatic nitrogens is 5. The minimum atomic E-state index is -5.08. The number of carboxylic acids is 2. The van der Waals surface area contributed by atoms with Crippen LogP contribution in [0.1, 0.15) is 28.9 Å². The zero-order chi connectivity index (χ0) is 33.9. The number of hydrogen-bond acceptors (Lipinski definition) is 7. The molecule has 0 unspecified atom stereocenters. The summed E-state index contributed by atoms with van der Waals surface area (Å²) < 4.78 is 65.5. The first-order valence-corrected chi connectivity index (χ1v) is 13.4. The minimum absolute atomic E-state index is 0.0566. The SMILES string of the molecule is O=C(NCCc1ccncc1)c1cc(-c2cnc(-c3cccnc3)nc2)cn1CC1CC1.O=C(O)C(F)(F)F.O=C(O)C(F)(F)F. The van der Waals surface area contributed by atoms with E-state index in [1.165, 1.54) is 12.8 Å². The van der Waals surface area contributed by atoms with Crippen LogP contribution >= 0.6 is 0 Å². The molecule has 0 aromatic carbocycles. The van der Waals surface area contributed by atoms with Crippen LogP contribution in [-0.4, -0.2) is 71.5 Å². The van der Waals surface area contributed by atoms with Gasteiger partial charge in [0.05, 0.1) is 0 Å². The maximum absolute atomic E-state index is 13.0. The molecule has 17 heteroatoms. The molecule has 0 bridgehead atoms. The van der Waals surface area contributed by atoms with E-state index in [1.807, 2.05) is 36.5 Å². The van der Waals surface area contributed by atoms with Crippen molar-refractivity contribution in [2.24, 2.45) is 5.92 Å². The van der Waals surface area contributed by atoms with Gasteiger partial charge < -0.3 is 20.1 Å². The molecule has 1 fully saturated rings. The average Bonchev–Trinajstić information content (AvgIpc) is 3.73. The van der Waals surface area contributed by atoms with Crippen molar-refractivity contribution >= 4 is 17.8 Å². The molecule has 3 N–H and O–H groups in total. The van der Waals surface area contributed by atoms with E-state index >= 15 is 0 Å². The lowest BCUT2D eigenvalue weighted by molar-refractivity contribution is -0.193. The molecule has 1 saturated carbocycles. The summed E-state index contributed by atoms with van der Waals surface area (Å²) in [4.78, 5) is 47.9. The number of carbonyl (C=O) groups is 3. The molecule has 1 amide bonds. The summed E-state index contributed by atoms with van der Waals surface area (Å²) >= 11 is 0. The van der Waals surface area contributed by atoms with Crippen LogP contribution in [-0.2, 0) is 22.6 Å². The number of carbonyl (C=O) groups excluding carboxylic acids is 1. The van der Waals surface area contributed by atoms with E-state index in [2.05, 4.69) is 29.8 Å². The van der Waals surface area contributed by atoms with Crippen LogP contribution in [0.25, 0.3) is 22.5 Å². The Labute approximate surface area is 257 Å². The predicted octanol–water partition coefficient (Wildman–Crippen LogP) is 5.05. The zero-order valence-corrected chi connectivity index (χ0v) is 23.7. The molecule has 5 rings (SSSR count). The fourth-order valence-electron chi connectivity index (χ4n) is 3.67. The molecule has 11 nitrogen and oxygen atoms in total. The summed E-state index contributed by atoms with van der Waals surface area (Å²) in [6, 6.07) is 9.67. The number of aliphatic carboxylic acids is 2. The number of alkyl halides is 6. The first-order chi connectivity index (χ1) is 21.6. The smallest absolute Gasteiger partial charge is 0.475 e. The topological polar surface area (TPSA) is 160 Å². The van der Waals surface area contributed by atoms with Crippen LogP contribution in [0.5, 0.6) is 0 Å². The van der Waals surface area contributed by atoms with Gasteiger partial charge in [0.1, 0.15) is 5.69 Å². The largest absolute Gasteiger partial charge is 0.490 e. The van der Waals surface area contributed by atoms with Gasteiger partial charge in [-0.15, -0.1) is 0 Å². The third-order valence-corrected chi connectivity index (χ3v) is 6.12. The summed E-state index contributed by atoms with van der Waals surface area (Å²) in [5, 5.41) is 17.3. The van der Waals surface area contributed by atoms with Gasteiger partial charge in [-0.25, -0.2) is 19.6 Å². The van der Waals surface area contributed by atoms with Crippen molar-refractivity contribution in [2.45, 2.75) is 38.2 Å². The Morgan fingerprint density at radius 2 is 1.41 bits per heavy atom. The Hall–Kier alpha value is -5.35. The Balaban J connectivity index is 0.000000345. The van der Waals surface area contributed by atoms with Crippen LogP contribution in [0.15, 0.2) is 73.7 Å². The maximum atomic E-state index is 13.0. The van der Waals surface area contributed by atoms with Gasteiger partial charge in [0, 0.05) is 73.2 Å². The highest BCUT2D eigenvalue weighted by Crippen LogP contribution is 2.32. The second kappa shape index (κ2) is 15.6. The third-order valence-electron chi connectivity index (χ3n) is 6.12. The minimum Gasteiger partial charge on any atom is -0.475 e. The molecular formula is C29H26F6N6O5. The summed E-state index contributed by atoms with van der Waals surface area (Å²) in [5.74, 6) is -4.28. The van der Waals surface area contributed by atoms with E-state index in [1.54, 1.807) is 37.2 Å². The van der Waals surface area contributed by atoms with Gasteiger partial charge in [0.2, 0.25) is 0 Å². The molecule has 1 aliphatic carbocycles. The van der Waals surface area contributed by atoms with Gasteiger partial charge in [-0.05, 0) is 61.1 Å². The molecule has 0 spiro atoms. The fraction of sp³-hybridized carbons (Fsp3) is 0.276. The zero-order valence-electron chi connectivity index (χ0n) is 23.7. The van der Waals surface area contributed by atoms with Crippen LogP contribution < -0.4 is 5.32 Å². The van der Waals surface area contributed by atoms with E-state index < -0.39 is 24.3 Å². The van der Waals surface area contributed by atoms with Crippen molar-refractivity contribution < 1.29 is 50.9 Å². The number of nitrogens with one attached hydrogen (secondary N) is 1. The van der Waals surface area contributed by atoms with Gasteiger partial charge in [-0.1, -0.05) is 0 Å². The van der Waals surface area contributed by atoms with Gasteiger partial charge in [-0.3, -0.25) is 14.8 Å². The number of pyridine rings is 2.